The van der Waals surface area contributed by atoms with Crippen molar-refractivity contribution >= 4 is 33.5 Å². The third kappa shape index (κ3) is 8.79. The monoisotopic (exact) mass is 634 g/mol. The molecule has 2 aliphatic rings. The second kappa shape index (κ2) is 13.9. The number of sulfonamides is 1. The van der Waals surface area contributed by atoms with Gasteiger partial charge >= 0.3 is 5.97 Å². The summed E-state index contributed by atoms with van der Waals surface area (Å²) in [6.07, 6.45) is 7.24. The van der Waals surface area contributed by atoms with Gasteiger partial charge in [-0.2, -0.15) is 0 Å². The van der Waals surface area contributed by atoms with E-state index in [2.05, 4.69) is 20.2 Å². The van der Waals surface area contributed by atoms with Crippen LogP contribution in [0.15, 0.2) is 78.0 Å². The van der Waals surface area contributed by atoms with Crippen LogP contribution in [0.5, 0.6) is 0 Å². The highest BCUT2D eigenvalue weighted by Crippen LogP contribution is 2.35. The van der Waals surface area contributed by atoms with Gasteiger partial charge < -0.3 is 20.0 Å². The van der Waals surface area contributed by atoms with Gasteiger partial charge in [-0.25, -0.2) is 18.4 Å². The lowest BCUT2D eigenvalue weighted by atomic mass is 9.83. The van der Waals surface area contributed by atoms with Crippen LogP contribution in [0.4, 0.5) is 11.6 Å². The lowest BCUT2D eigenvalue weighted by Crippen LogP contribution is -2.50. The molecule has 0 unspecified atom stereocenters. The molecule has 2 heterocycles. The summed E-state index contributed by atoms with van der Waals surface area (Å²) in [5, 5.41) is 3.40. The van der Waals surface area contributed by atoms with Crippen LogP contribution in [0.3, 0.4) is 0 Å². The Morgan fingerprint density at radius 3 is 2.20 bits per heavy atom. The molecule has 1 saturated carbocycles. The van der Waals surface area contributed by atoms with Crippen molar-refractivity contribution in [1.82, 2.24) is 19.8 Å². The van der Waals surface area contributed by atoms with Crippen LogP contribution < -0.4 is 15.1 Å². The van der Waals surface area contributed by atoms with Crippen molar-refractivity contribution in [3.05, 3.63) is 78.6 Å². The molecule has 11 nitrogen and oxygen atoms in total. The van der Waals surface area contributed by atoms with Gasteiger partial charge in [-0.1, -0.05) is 39.0 Å². The Morgan fingerprint density at radius 1 is 0.956 bits per heavy atom. The predicted octanol–water partition coefficient (Wildman–Crippen LogP) is 4.65. The van der Waals surface area contributed by atoms with Crippen LogP contribution in [-0.4, -0.2) is 66.9 Å². The Morgan fingerprint density at radius 2 is 1.60 bits per heavy atom. The first-order valence-electron chi connectivity index (χ1n) is 15.5. The molecule has 12 heteroatoms. The maximum absolute atomic E-state index is 14.0. The number of anilines is 2. The zero-order valence-corrected chi connectivity index (χ0v) is 26.9. The topological polar surface area (TPSA) is 134 Å². The molecule has 0 radical (unpaired) electrons. The van der Waals surface area contributed by atoms with Crippen molar-refractivity contribution in [2.24, 2.45) is 11.3 Å². The van der Waals surface area contributed by atoms with E-state index >= 15 is 0 Å². The van der Waals surface area contributed by atoms with Crippen molar-refractivity contribution in [3.63, 3.8) is 0 Å². The smallest absolute Gasteiger partial charge is 0.328 e. The van der Waals surface area contributed by atoms with Crippen LogP contribution >= 0.6 is 0 Å². The Hall–Kier alpha value is -4.03. The lowest BCUT2D eigenvalue weighted by Gasteiger charge is -2.40. The lowest BCUT2D eigenvalue weighted by molar-refractivity contribution is -0.149. The van der Waals surface area contributed by atoms with E-state index in [4.69, 9.17) is 4.84 Å². The van der Waals surface area contributed by atoms with Gasteiger partial charge in [-0.05, 0) is 84.4 Å². The summed E-state index contributed by atoms with van der Waals surface area (Å²) < 4.78 is 25.1. The van der Waals surface area contributed by atoms with Crippen molar-refractivity contribution in [1.29, 1.82) is 0 Å². The highest BCUT2D eigenvalue weighted by Gasteiger charge is 2.39. The summed E-state index contributed by atoms with van der Waals surface area (Å²) in [4.78, 5) is 46.6. The number of piperidine rings is 1. The minimum atomic E-state index is -4.03. The molecule has 240 valence electrons. The fourth-order valence-electron chi connectivity index (χ4n) is 5.58. The molecule has 2 aromatic carbocycles. The average molecular weight is 635 g/mol. The SMILES string of the molecule is CC(C)(C)[C@H](CC(=O)ONS(=O)(=O)c1ccccc1)N(CC1CC1)C(=O)c1ccc(N2CCC(Nc3ncccn3)CC2)cc1. The molecule has 0 spiro atoms. The van der Waals surface area contributed by atoms with Crippen LogP contribution in [0, 0.1) is 11.3 Å². The highest BCUT2D eigenvalue weighted by molar-refractivity contribution is 7.89. The largest absolute Gasteiger partial charge is 0.371 e. The van der Waals surface area contributed by atoms with Gasteiger partial charge in [0.1, 0.15) is 0 Å². The van der Waals surface area contributed by atoms with Gasteiger partial charge in [0, 0.05) is 55.4 Å². The second-order valence-electron chi connectivity index (χ2n) is 12.9. The molecule has 1 aliphatic carbocycles. The van der Waals surface area contributed by atoms with Gasteiger partial charge in [0.25, 0.3) is 15.9 Å². The predicted molar refractivity (Wildman–Crippen MR) is 172 cm³/mol. The maximum Gasteiger partial charge on any atom is 0.328 e. The van der Waals surface area contributed by atoms with E-state index in [9.17, 15) is 18.0 Å². The zero-order valence-electron chi connectivity index (χ0n) is 26.1. The van der Waals surface area contributed by atoms with E-state index < -0.39 is 27.4 Å². The molecule has 1 aliphatic heterocycles. The molecule has 45 heavy (non-hydrogen) atoms. The molecule has 1 atom stereocenters. The fraction of sp³-hybridized carbons (Fsp3) is 0.455. The van der Waals surface area contributed by atoms with E-state index in [1.54, 1.807) is 41.6 Å². The number of hydrogen-bond donors (Lipinski definition) is 2. The van der Waals surface area contributed by atoms with Crippen LogP contribution in [0.25, 0.3) is 0 Å². The molecular weight excluding hydrogens is 592 g/mol. The molecule has 1 aromatic heterocycles. The van der Waals surface area contributed by atoms with E-state index in [1.807, 2.05) is 49.9 Å². The molecule has 3 aromatic rings. The Balaban J connectivity index is 1.23. The molecule has 0 bridgehead atoms. The summed E-state index contributed by atoms with van der Waals surface area (Å²) in [6, 6.07) is 16.9. The van der Waals surface area contributed by atoms with E-state index in [0.29, 0.717) is 30.0 Å². The van der Waals surface area contributed by atoms with Crippen LogP contribution in [-0.2, 0) is 19.7 Å². The normalized spacial score (nSPS) is 16.6. The first-order valence-corrected chi connectivity index (χ1v) is 16.9. The summed E-state index contributed by atoms with van der Waals surface area (Å²) in [5.74, 6) is 0.110. The third-order valence-corrected chi connectivity index (χ3v) is 9.54. The van der Waals surface area contributed by atoms with E-state index in [0.717, 1.165) is 44.5 Å². The first-order chi connectivity index (χ1) is 21.5. The van der Waals surface area contributed by atoms with Gasteiger partial charge in [-0.15, -0.1) is 0 Å². The Kier molecular flexibility index (Phi) is 10.0. The van der Waals surface area contributed by atoms with Crippen LogP contribution in [0.2, 0.25) is 0 Å². The average Bonchev–Trinajstić information content (AvgIpc) is 3.87. The first kappa shape index (κ1) is 32.4. The summed E-state index contributed by atoms with van der Waals surface area (Å²) >= 11 is 0. The minimum Gasteiger partial charge on any atom is -0.371 e. The van der Waals surface area contributed by atoms with Crippen molar-refractivity contribution in [3.8, 4) is 0 Å². The highest BCUT2D eigenvalue weighted by atomic mass is 32.2. The third-order valence-electron chi connectivity index (χ3n) is 8.34. The van der Waals surface area contributed by atoms with Crippen molar-refractivity contribution in [2.75, 3.05) is 29.9 Å². The number of benzene rings is 2. The number of amides is 1. The second-order valence-corrected chi connectivity index (χ2v) is 14.5. The number of hydrogen-bond acceptors (Lipinski definition) is 9. The van der Waals surface area contributed by atoms with Gasteiger partial charge in [-0.3, -0.25) is 9.59 Å². The fourth-order valence-corrected chi connectivity index (χ4v) is 6.40. The maximum atomic E-state index is 14.0. The van der Waals surface area contributed by atoms with Gasteiger partial charge in [0.05, 0.1) is 11.3 Å². The number of nitrogens with zero attached hydrogens (tertiary/aromatic N) is 4. The minimum absolute atomic E-state index is 0.0121. The number of rotatable bonds is 12. The molecular formula is C33H42N6O5S. The van der Waals surface area contributed by atoms with Gasteiger partial charge in [0.15, 0.2) is 0 Å². The van der Waals surface area contributed by atoms with E-state index in [-0.39, 0.29) is 17.2 Å². The molecule has 5 rings (SSSR count). The van der Waals surface area contributed by atoms with Crippen molar-refractivity contribution in [2.45, 2.75) is 69.9 Å². The van der Waals surface area contributed by atoms with Gasteiger partial charge in [0.2, 0.25) is 5.95 Å². The zero-order chi connectivity index (χ0) is 32.0. The standard InChI is InChI=1S/C33H42N6O5S/c1-33(2,3)29(22-30(40)44-37-45(42,43)28-8-5-4-6-9-28)39(23-24-10-11-24)31(41)25-12-14-27(15-13-25)38-20-16-26(17-21-38)36-32-34-18-7-19-35-32/h4-9,12-15,18-19,24,26,29,37H,10-11,16-17,20-23H2,1-3H3,(H,34,35,36)/t29-/m0/s1. The number of aromatic nitrogens is 2. The number of carbonyl (C=O) groups excluding carboxylic acids is 2. The van der Waals surface area contributed by atoms with Crippen molar-refractivity contribution < 1.29 is 22.8 Å². The Labute approximate surface area is 265 Å². The summed E-state index contributed by atoms with van der Waals surface area (Å²) in [7, 11) is -4.03. The molecule has 1 saturated heterocycles. The summed E-state index contributed by atoms with van der Waals surface area (Å²) in [5.41, 5.74) is 1.12. The molecule has 2 fully saturated rings. The number of carbonyl (C=O) groups is 2. The quantitative estimate of drug-likeness (QED) is 0.273. The van der Waals surface area contributed by atoms with E-state index in [1.165, 1.54) is 12.1 Å². The van der Waals surface area contributed by atoms with Crippen LogP contribution in [0.1, 0.15) is 63.2 Å². The molecule has 1 amide bonds. The molecule has 2 N–H and O–H groups in total. The summed E-state index contributed by atoms with van der Waals surface area (Å²) in [6.45, 7) is 8.17. The Bertz CT molecular complexity index is 1540. The number of nitrogens with one attached hydrogen (secondary N) is 2.